The summed E-state index contributed by atoms with van der Waals surface area (Å²) < 4.78 is 8.67. The summed E-state index contributed by atoms with van der Waals surface area (Å²) in [7, 11) is 2.12. The second kappa shape index (κ2) is 4.82. The zero-order chi connectivity index (χ0) is 17.3. The summed E-state index contributed by atoms with van der Waals surface area (Å²) in [6.45, 7) is 6.54. The van der Waals surface area contributed by atoms with Gasteiger partial charge in [0, 0.05) is 16.2 Å². The number of hydrogen-bond acceptors (Lipinski definition) is 1. The van der Waals surface area contributed by atoms with Crippen molar-refractivity contribution in [3.63, 3.8) is 0 Å². The first-order valence-corrected chi connectivity index (χ1v) is 8.69. The lowest BCUT2D eigenvalue weighted by Crippen LogP contribution is -2.32. The number of aromatic nitrogens is 1. The van der Waals surface area contributed by atoms with Crippen molar-refractivity contribution >= 4 is 21.5 Å². The van der Waals surface area contributed by atoms with Crippen molar-refractivity contribution in [3.05, 3.63) is 65.4 Å². The molecule has 0 unspecified atom stereocenters. The first-order chi connectivity index (χ1) is 12.0. The summed E-state index contributed by atoms with van der Waals surface area (Å²) in [6, 6.07) is 15.2. The van der Waals surface area contributed by atoms with Crippen LogP contribution in [0.5, 0.6) is 11.5 Å². The van der Waals surface area contributed by atoms with Crippen LogP contribution >= 0.6 is 0 Å². The Labute approximate surface area is 147 Å². The van der Waals surface area contributed by atoms with Gasteiger partial charge in [-0.15, -0.1) is 0 Å². The first kappa shape index (κ1) is 14.5. The van der Waals surface area contributed by atoms with Crippen molar-refractivity contribution in [3.8, 4) is 22.8 Å². The molecule has 1 aromatic heterocycles. The van der Waals surface area contributed by atoms with Crippen LogP contribution in [0.3, 0.4) is 0 Å². The summed E-state index contributed by atoms with van der Waals surface area (Å²) in [5.74, 6) is 1.92. The van der Waals surface area contributed by atoms with Crippen LogP contribution < -0.4 is 9.30 Å². The normalized spacial score (nSPS) is 12.3. The summed E-state index contributed by atoms with van der Waals surface area (Å²) in [4.78, 5) is 0. The molecule has 1 aliphatic rings. The molecular weight excluding hydrogens is 306 g/mol. The van der Waals surface area contributed by atoms with E-state index in [-0.39, 0.29) is 0 Å². The number of fused-ring (bicyclic) bond motifs is 4. The molecule has 0 amide bonds. The number of nitrogens with zero attached hydrogens (tertiary/aromatic N) is 1. The number of aryl methyl sites for hydroxylation is 3. The van der Waals surface area contributed by atoms with E-state index in [9.17, 15) is 0 Å². The van der Waals surface area contributed by atoms with E-state index in [0.29, 0.717) is 0 Å². The van der Waals surface area contributed by atoms with Crippen molar-refractivity contribution in [2.75, 3.05) is 0 Å². The van der Waals surface area contributed by atoms with Gasteiger partial charge in [0.2, 0.25) is 5.75 Å². The molecule has 0 bridgehead atoms. The summed E-state index contributed by atoms with van der Waals surface area (Å²) in [5, 5.41) is 4.84. The molecule has 2 nitrogen and oxygen atoms in total. The minimum Gasteiger partial charge on any atom is -0.449 e. The van der Waals surface area contributed by atoms with Gasteiger partial charge in [0.25, 0.3) is 5.69 Å². The standard InChI is InChI=1S/C23H20NO/c1-13-8-9-18-17(10-13)12-24(4)22-20-15(3)14(2)11-16-6-5-7-19(21(16)20)25-23(18)22/h5-12H,1-4H3/q+1. The molecule has 122 valence electrons. The monoisotopic (exact) mass is 326 g/mol. The molecule has 0 saturated carbocycles. The Balaban J connectivity index is 2.02. The molecule has 3 aromatic carbocycles. The highest BCUT2D eigenvalue weighted by Crippen LogP contribution is 2.49. The van der Waals surface area contributed by atoms with Gasteiger partial charge in [-0.2, -0.15) is 4.57 Å². The molecule has 1 aliphatic heterocycles. The van der Waals surface area contributed by atoms with Gasteiger partial charge in [0.05, 0.1) is 5.56 Å². The van der Waals surface area contributed by atoms with Crippen molar-refractivity contribution in [1.82, 2.24) is 0 Å². The van der Waals surface area contributed by atoms with E-state index in [1.807, 2.05) is 0 Å². The predicted molar refractivity (Wildman–Crippen MR) is 102 cm³/mol. The molecule has 0 aliphatic carbocycles. The van der Waals surface area contributed by atoms with E-state index in [1.54, 1.807) is 0 Å². The van der Waals surface area contributed by atoms with Crippen LogP contribution in [0.1, 0.15) is 16.7 Å². The molecule has 4 aromatic rings. The molecular formula is C23H20NO+. The molecule has 2 heteroatoms. The van der Waals surface area contributed by atoms with Gasteiger partial charge >= 0.3 is 0 Å². The highest BCUT2D eigenvalue weighted by Gasteiger charge is 2.31. The van der Waals surface area contributed by atoms with E-state index < -0.39 is 0 Å². The molecule has 2 heterocycles. The third kappa shape index (κ3) is 1.88. The molecule has 0 fully saturated rings. The van der Waals surface area contributed by atoms with Gasteiger partial charge in [0.15, 0.2) is 6.20 Å². The van der Waals surface area contributed by atoms with Crippen LogP contribution in [0, 0.1) is 20.8 Å². The summed E-state index contributed by atoms with van der Waals surface area (Å²) in [6.07, 6.45) is 2.21. The van der Waals surface area contributed by atoms with E-state index in [0.717, 1.165) is 11.5 Å². The average molecular weight is 326 g/mol. The Morgan fingerprint density at radius 2 is 1.76 bits per heavy atom. The minimum absolute atomic E-state index is 0.955. The zero-order valence-electron chi connectivity index (χ0n) is 15.0. The lowest BCUT2D eigenvalue weighted by molar-refractivity contribution is -0.659. The maximum absolute atomic E-state index is 6.46. The maximum Gasteiger partial charge on any atom is 0.257 e. The van der Waals surface area contributed by atoms with Crippen LogP contribution in [0.25, 0.3) is 32.8 Å². The smallest absolute Gasteiger partial charge is 0.257 e. The maximum atomic E-state index is 6.46. The average Bonchev–Trinajstić information content (AvgIpc) is 2.58. The van der Waals surface area contributed by atoms with Crippen molar-refractivity contribution in [2.45, 2.75) is 20.8 Å². The summed E-state index contributed by atoms with van der Waals surface area (Å²) in [5.41, 5.74) is 6.37. The fourth-order valence-electron chi connectivity index (χ4n) is 4.10. The first-order valence-electron chi connectivity index (χ1n) is 8.69. The zero-order valence-corrected chi connectivity index (χ0v) is 15.0. The van der Waals surface area contributed by atoms with Crippen LogP contribution in [0.4, 0.5) is 0 Å². The van der Waals surface area contributed by atoms with E-state index in [2.05, 4.69) is 81.0 Å². The lowest BCUT2D eigenvalue weighted by Gasteiger charge is -2.22. The summed E-state index contributed by atoms with van der Waals surface area (Å²) >= 11 is 0. The van der Waals surface area contributed by atoms with Gasteiger partial charge in [-0.25, -0.2) is 0 Å². The number of rotatable bonds is 0. The van der Waals surface area contributed by atoms with Crippen LogP contribution in [-0.4, -0.2) is 0 Å². The van der Waals surface area contributed by atoms with Gasteiger partial charge in [-0.3, -0.25) is 0 Å². The lowest BCUT2D eigenvalue weighted by atomic mass is 9.90. The Morgan fingerprint density at radius 3 is 2.60 bits per heavy atom. The second-order valence-electron chi connectivity index (χ2n) is 7.16. The van der Waals surface area contributed by atoms with Crippen molar-refractivity contribution in [1.29, 1.82) is 0 Å². The molecule has 0 spiro atoms. The molecule has 5 rings (SSSR count). The molecule has 0 atom stereocenters. The molecule has 0 radical (unpaired) electrons. The predicted octanol–water partition coefficient (Wildman–Crippen LogP) is 5.52. The van der Waals surface area contributed by atoms with Crippen molar-refractivity contribution in [2.24, 2.45) is 7.05 Å². The third-order valence-corrected chi connectivity index (χ3v) is 5.45. The fourth-order valence-corrected chi connectivity index (χ4v) is 4.10. The van der Waals surface area contributed by atoms with E-state index in [4.69, 9.17) is 4.74 Å². The SMILES string of the molecule is Cc1ccc2c3c([n+](C)cc2c1)-c1c(C)c(C)cc2cccc(c12)O3. The van der Waals surface area contributed by atoms with Crippen LogP contribution in [0.15, 0.2) is 48.7 Å². The quantitative estimate of drug-likeness (QED) is 0.342. The Bertz CT molecular complexity index is 1200. The molecule has 25 heavy (non-hydrogen) atoms. The number of ether oxygens (including phenoxy) is 1. The topological polar surface area (TPSA) is 13.1 Å². The fraction of sp³-hybridized carbons (Fsp3) is 0.174. The van der Waals surface area contributed by atoms with E-state index >= 15 is 0 Å². The van der Waals surface area contributed by atoms with Crippen LogP contribution in [0.2, 0.25) is 0 Å². The molecule has 0 saturated heterocycles. The van der Waals surface area contributed by atoms with Gasteiger partial charge < -0.3 is 4.74 Å². The van der Waals surface area contributed by atoms with Gasteiger partial charge in [-0.05, 0) is 55.5 Å². The Morgan fingerprint density at radius 1 is 0.920 bits per heavy atom. The van der Waals surface area contributed by atoms with Crippen LogP contribution in [-0.2, 0) is 7.05 Å². The number of pyridine rings is 1. The molecule has 0 N–H and O–H groups in total. The number of hydrogen-bond donors (Lipinski definition) is 0. The highest BCUT2D eigenvalue weighted by atomic mass is 16.5. The Hall–Kier alpha value is -2.87. The Kier molecular flexibility index (Phi) is 2.79. The second-order valence-corrected chi connectivity index (χ2v) is 7.16. The highest BCUT2D eigenvalue weighted by molar-refractivity contribution is 6.07. The third-order valence-electron chi connectivity index (χ3n) is 5.45. The van der Waals surface area contributed by atoms with Crippen molar-refractivity contribution < 1.29 is 9.30 Å². The largest absolute Gasteiger partial charge is 0.449 e. The number of benzene rings is 3. The van der Waals surface area contributed by atoms with E-state index in [1.165, 1.54) is 49.5 Å². The van der Waals surface area contributed by atoms with Gasteiger partial charge in [-0.1, -0.05) is 29.8 Å². The minimum atomic E-state index is 0.955. The van der Waals surface area contributed by atoms with Gasteiger partial charge in [0.1, 0.15) is 12.8 Å².